The largest absolute Gasteiger partial charge is 0.497 e. The first-order valence-electron chi connectivity index (χ1n) is 9.86. The van der Waals surface area contributed by atoms with E-state index in [0.717, 1.165) is 5.56 Å². The number of rotatable bonds is 7. The second-order valence-electron chi connectivity index (χ2n) is 7.13. The molecule has 10 heteroatoms. The molecule has 174 valence electrons. The maximum absolute atomic E-state index is 13.1. The van der Waals surface area contributed by atoms with Gasteiger partial charge in [-0.05, 0) is 54.5 Å². The number of amides is 2. The monoisotopic (exact) mass is 499 g/mol. The molecular formula is C24H19Cl2N3O5. The maximum Gasteiger partial charge on any atom is 0.272 e. The van der Waals surface area contributed by atoms with Crippen molar-refractivity contribution >= 4 is 52.5 Å². The van der Waals surface area contributed by atoms with E-state index in [0.29, 0.717) is 22.0 Å². The third-order valence-corrected chi connectivity index (χ3v) is 5.46. The minimum Gasteiger partial charge on any atom is -0.497 e. The van der Waals surface area contributed by atoms with Crippen LogP contribution in [0.3, 0.4) is 0 Å². The zero-order chi connectivity index (χ0) is 24.8. The van der Waals surface area contributed by atoms with Crippen LogP contribution in [0.4, 0.5) is 11.4 Å². The fraction of sp³-hybridized carbons (Fsp3) is 0.0833. The van der Waals surface area contributed by atoms with Crippen LogP contribution >= 0.6 is 23.2 Å². The lowest BCUT2D eigenvalue weighted by molar-refractivity contribution is -0.384. The van der Waals surface area contributed by atoms with Gasteiger partial charge in [0.15, 0.2) is 0 Å². The number of carbonyl (C=O) groups is 2. The number of nitrogens with one attached hydrogen (secondary N) is 2. The number of benzene rings is 3. The second-order valence-corrected chi connectivity index (χ2v) is 7.94. The summed E-state index contributed by atoms with van der Waals surface area (Å²) >= 11 is 12.3. The number of nitro groups is 1. The van der Waals surface area contributed by atoms with Gasteiger partial charge in [0.05, 0.1) is 22.6 Å². The fourth-order valence-corrected chi connectivity index (χ4v) is 3.36. The fourth-order valence-electron chi connectivity index (χ4n) is 2.92. The van der Waals surface area contributed by atoms with Crippen LogP contribution < -0.4 is 15.4 Å². The highest BCUT2D eigenvalue weighted by molar-refractivity contribution is 6.34. The lowest BCUT2D eigenvalue weighted by Crippen LogP contribution is -2.31. The van der Waals surface area contributed by atoms with E-state index in [4.69, 9.17) is 27.9 Å². The molecular weight excluding hydrogens is 481 g/mol. The molecule has 0 heterocycles. The van der Waals surface area contributed by atoms with E-state index in [2.05, 4.69) is 10.6 Å². The lowest BCUT2D eigenvalue weighted by atomic mass is 10.1. The molecule has 0 fully saturated rings. The van der Waals surface area contributed by atoms with Gasteiger partial charge >= 0.3 is 0 Å². The van der Waals surface area contributed by atoms with Crippen molar-refractivity contribution in [3.63, 3.8) is 0 Å². The Morgan fingerprint density at radius 2 is 1.79 bits per heavy atom. The molecule has 0 aromatic heterocycles. The number of non-ortho nitro benzene ring substituents is 1. The number of methoxy groups -OCH3 is 1. The van der Waals surface area contributed by atoms with Crippen molar-refractivity contribution in [2.24, 2.45) is 0 Å². The summed E-state index contributed by atoms with van der Waals surface area (Å²) in [7, 11) is 1.47. The summed E-state index contributed by atoms with van der Waals surface area (Å²) in [6.07, 6.45) is 1.33. The Morgan fingerprint density at radius 1 is 1.03 bits per heavy atom. The van der Waals surface area contributed by atoms with Crippen molar-refractivity contribution in [1.29, 1.82) is 0 Å². The summed E-state index contributed by atoms with van der Waals surface area (Å²) in [5.41, 5.74) is 1.36. The summed E-state index contributed by atoms with van der Waals surface area (Å²) in [6.45, 7) is 1.82. The van der Waals surface area contributed by atoms with Crippen LogP contribution in [-0.4, -0.2) is 23.8 Å². The van der Waals surface area contributed by atoms with Crippen LogP contribution in [-0.2, 0) is 4.79 Å². The van der Waals surface area contributed by atoms with Crippen molar-refractivity contribution in [3.8, 4) is 5.75 Å². The lowest BCUT2D eigenvalue weighted by Gasteiger charge is -2.13. The van der Waals surface area contributed by atoms with Crippen LogP contribution in [0.25, 0.3) is 6.08 Å². The number of carbonyl (C=O) groups excluding carboxylic acids is 2. The Balaban J connectivity index is 1.96. The minimum absolute atomic E-state index is 0.110. The summed E-state index contributed by atoms with van der Waals surface area (Å²) in [5, 5.41) is 16.9. The summed E-state index contributed by atoms with van der Waals surface area (Å²) in [4.78, 5) is 36.5. The molecule has 0 saturated carbocycles. The quantitative estimate of drug-likeness (QED) is 0.248. The van der Waals surface area contributed by atoms with E-state index in [1.807, 2.05) is 6.92 Å². The SMILES string of the molecule is COc1ccc(C(=O)NC(=Cc2cccc([N+](=O)[O-])c2)C(=O)Nc2ccc(C)c(Cl)c2)c(Cl)c1. The van der Waals surface area contributed by atoms with Crippen LogP contribution in [0.15, 0.2) is 66.4 Å². The number of halogens is 2. The number of ether oxygens (including phenoxy) is 1. The Bertz CT molecular complexity index is 1310. The number of nitrogens with zero attached hydrogens (tertiary/aromatic N) is 1. The summed E-state index contributed by atoms with van der Waals surface area (Å²) in [5.74, 6) is -0.853. The molecule has 0 aliphatic rings. The first kappa shape index (κ1) is 24.8. The average molecular weight is 500 g/mol. The van der Waals surface area contributed by atoms with Crippen LogP contribution in [0.1, 0.15) is 21.5 Å². The van der Waals surface area contributed by atoms with Crippen LogP contribution in [0.2, 0.25) is 10.0 Å². The van der Waals surface area contributed by atoms with Crippen LogP contribution in [0, 0.1) is 17.0 Å². The van der Waals surface area contributed by atoms with Gasteiger partial charge in [0, 0.05) is 22.8 Å². The first-order valence-corrected chi connectivity index (χ1v) is 10.6. The molecule has 3 aromatic rings. The molecule has 34 heavy (non-hydrogen) atoms. The summed E-state index contributed by atoms with van der Waals surface area (Å²) < 4.78 is 5.09. The van der Waals surface area contributed by atoms with Crippen molar-refractivity contribution in [2.75, 3.05) is 12.4 Å². The van der Waals surface area contributed by atoms with Gasteiger partial charge < -0.3 is 15.4 Å². The molecule has 2 N–H and O–H groups in total. The van der Waals surface area contributed by atoms with E-state index in [-0.39, 0.29) is 22.0 Å². The second kappa shape index (κ2) is 10.8. The van der Waals surface area contributed by atoms with Gasteiger partial charge in [0.2, 0.25) is 0 Å². The number of anilines is 1. The Labute approximate surface area is 205 Å². The third-order valence-electron chi connectivity index (χ3n) is 4.74. The molecule has 0 bridgehead atoms. The molecule has 0 atom stereocenters. The topological polar surface area (TPSA) is 111 Å². The molecule has 3 rings (SSSR count). The first-order chi connectivity index (χ1) is 16.2. The smallest absolute Gasteiger partial charge is 0.272 e. The zero-order valence-corrected chi connectivity index (χ0v) is 19.6. The molecule has 0 spiro atoms. The Kier molecular flexibility index (Phi) is 7.88. The van der Waals surface area contributed by atoms with Crippen molar-refractivity contribution in [1.82, 2.24) is 5.32 Å². The molecule has 3 aromatic carbocycles. The Hall–Kier alpha value is -3.88. The van der Waals surface area contributed by atoms with Gasteiger partial charge in [-0.25, -0.2) is 0 Å². The van der Waals surface area contributed by atoms with Gasteiger partial charge in [-0.3, -0.25) is 19.7 Å². The third kappa shape index (κ3) is 6.12. The minimum atomic E-state index is -0.663. The van der Waals surface area contributed by atoms with Crippen LogP contribution in [0.5, 0.6) is 5.75 Å². The van der Waals surface area contributed by atoms with Gasteiger partial charge in [-0.1, -0.05) is 41.4 Å². The van der Waals surface area contributed by atoms with Crippen molar-refractivity contribution in [3.05, 3.63) is 103 Å². The van der Waals surface area contributed by atoms with Crippen molar-refractivity contribution in [2.45, 2.75) is 6.92 Å². The van der Waals surface area contributed by atoms with E-state index in [9.17, 15) is 19.7 Å². The zero-order valence-electron chi connectivity index (χ0n) is 18.1. The van der Waals surface area contributed by atoms with E-state index >= 15 is 0 Å². The Morgan fingerprint density at radius 3 is 2.44 bits per heavy atom. The highest BCUT2D eigenvalue weighted by Crippen LogP contribution is 2.24. The number of nitro benzene ring substituents is 1. The molecule has 8 nitrogen and oxygen atoms in total. The number of hydrogen-bond acceptors (Lipinski definition) is 5. The molecule has 0 aliphatic heterocycles. The normalized spacial score (nSPS) is 11.0. The predicted octanol–water partition coefficient (Wildman–Crippen LogP) is 5.63. The van der Waals surface area contributed by atoms with E-state index in [1.165, 1.54) is 43.5 Å². The van der Waals surface area contributed by atoms with E-state index in [1.54, 1.807) is 30.3 Å². The highest BCUT2D eigenvalue weighted by atomic mass is 35.5. The molecule has 0 saturated heterocycles. The van der Waals surface area contributed by atoms with Gasteiger partial charge in [-0.2, -0.15) is 0 Å². The predicted molar refractivity (Wildman–Crippen MR) is 131 cm³/mol. The average Bonchev–Trinajstić information content (AvgIpc) is 2.80. The standard InChI is InChI=1S/C24H19Cl2N3O5/c1-14-6-7-16(12-20(14)25)27-24(31)22(11-15-4-3-5-17(10-15)29(32)33)28-23(30)19-9-8-18(34-2)13-21(19)26/h3-13H,1-2H3,(H,27,31)(H,28,30). The highest BCUT2D eigenvalue weighted by Gasteiger charge is 2.18. The van der Waals surface area contributed by atoms with Crippen molar-refractivity contribution < 1.29 is 19.2 Å². The number of aryl methyl sites for hydroxylation is 1. The molecule has 0 aliphatic carbocycles. The van der Waals surface area contributed by atoms with Gasteiger partial charge in [0.25, 0.3) is 17.5 Å². The molecule has 0 radical (unpaired) electrons. The maximum atomic E-state index is 13.1. The number of hydrogen-bond donors (Lipinski definition) is 2. The summed E-state index contributed by atoms with van der Waals surface area (Å²) in [6, 6.07) is 15.1. The van der Waals surface area contributed by atoms with Gasteiger partial charge in [0.1, 0.15) is 11.4 Å². The van der Waals surface area contributed by atoms with Gasteiger partial charge in [-0.15, -0.1) is 0 Å². The molecule has 0 unspecified atom stereocenters. The van der Waals surface area contributed by atoms with E-state index < -0.39 is 16.7 Å². The molecule has 2 amide bonds.